The number of urea groups is 1. The topological polar surface area (TPSA) is 69.6 Å². The molecule has 6 heteroatoms. The molecule has 0 atom stereocenters. The molecule has 25 heavy (non-hydrogen) atoms. The first-order valence-corrected chi connectivity index (χ1v) is 7.98. The first kappa shape index (κ1) is 18.4. The van der Waals surface area contributed by atoms with E-state index in [0.717, 1.165) is 11.1 Å². The summed E-state index contributed by atoms with van der Waals surface area (Å²) in [5.41, 5.74) is 1.86. The second kappa shape index (κ2) is 8.28. The number of hydrogen-bond donors (Lipinski definition) is 2. The molecular formula is C19H21FN2O3. The van der Waals surface area contributed by atoms with Gasteiger partial charge in [-0.25, -0.2) is 14.0 Å². The number of nitrogens with one attached hydrogen (secondary N) is 1. The van der Waals surface area contributed by atoms with Gasteiger partial charge in [-0.1, -0.05) is 24.3 Å². The lowest BCUT2D eigenvalue weighted by molar-refractivity contribution is 0.0697. The molecule has 2 aromatic carbocycles. The van der Waals surface area contributed by atoms with Gasteiger partial charge in [0.05, 0.1) is 5.56 Å². The van der Waals surface area contributed by atoms with Crippen molar-refractivity contribution in [3.63, 3.8) is 0 Å². The van der Waals surface area contributed by atoms with Crippen molar-refractivity contribution in [2.75, 3.05) is 0 Å². The SMILES string of the molecule is CC(C)N(Cc1ccc(F)cc1)C(=O)NCc1ccc(C(=O)O)cc1. The Bertz CT molecular complexity index is 727. The van der Waals surface area contributed by atoms with Crippen LogP contribution in [0.2, 0.25) is 0 Å². The molecule has 0 fully saturated rings. The van der Waals surface area contributed by atoms with Crippen LogP contribution in [-0.4, -0.2) is 28.0 Å². The quantitative estimate of drug-likeness (QED) is 0.840. The summed E-state index contributed by atoms with van der Waals surface area (Å²) >= 11 is 0. The Morgan fingerprint density at radius 3 is 2.12 bits per heavy atom. The second-order valence-electron chi connectivity index (χ2n) is 6.01. The molecule has 132 valence electrons. The van der Waals surface area contributed by atoms with Gasteiger partial charge in [0.2, 0.25) is 0 Å². The van der Waals surface area contributed by atoms with Crippen LogP contribution in [-0.2, 0) is 13.1 Å². The van der Waals surface area contributed by atoms with Crippen LogP contribution >= 0.6 is 0 Å². The summed E-state index contributed by atoms with van der Waals surface area (Å²) in [5, 5.41) is 11.7. The highest BCUT2D eigenvalue weighted by Gasteiger charge is 2.17. The number of rotatable bonds is 6. The number of halogens is 1. The van der Waals surface area contributed by atoms with Crippen molar-refractivity contribution >= 4 is 12.0 Å². The van der Waals surface area contributed by atoms with Crippen molar-refractivity contribution in [3.05, 3.63) is 71.0 Å². The largest absolute Gasteiger partial charge is 0.478 e. The Morgan fingerprint density at radius 2 is 1.60 bits per heavy atom. The zero-order valence-electron chi connectivity index (χ0n) is 14.2. The van der Waals surface area contributed by atoms with Crippen molar-refractivity contribution in [2.45, 2.75) is 33.0 Å². The number of carbonyl (C=O) groups is 2. The highest BCUT2D eigenvalue weighted by atomic mass is 19.1. The Morgan fingerprint density at radius 1 is 1.04 bits per heavy atom. The van der Waals surface area contributed by atoms with Crippen molar-refractivity contribution in [3.8, 4) is 0 Å². The first-order chi connectivity index (χ1) is 11.9. The average molecular weight is 344 g/mol. The predicted molar refractivity (Wildman–Crippen MR) is 92.7 cm³/mol. The van der Waals surface area contributed by atoms with Crippen LogP contribution in [0.3, 0.4) is 0 Å². The Hall–Kier alpha value is -2.89. The fourth-order valence-corrected chi connectivity index (χ4v) is 2.32. The number of carboxylic acid groups (broad SMARTS) is 1. The van der Waals surface area contributed by atoms with Crippen LogP contribution in [0.4, 0.5) is 9.18 Å². The maximum absolute atomic E-state index is 13.0. The third kappa shape index (κ3) is 5.31. The molecule has 0 aliphatic carbocycles. The van der Waals surface area contributed by atoms with Gasteiger partial charge in [0.25, 0.3) is 0 Å². The molecule has 0 aromatic heterocycles. The minimum Gasteiger partial charge on any atom is -0.478 e. The number of nitrogens with zero attached hydrogens (tertiary/aromatic N) is 1. The fraction of sp³-hybridized carbons (Fsp3) is 0.263. The smallest absolute Gasteiger partial charge is 0.335 e. The van der Waals surface area contributed by atoms with E-state index in [-0.39, 0.29) is 23.5 Å². The van der Waals surface area contributed by atoms with Gasteiger partial charge in [-0.2, -0.15) is 0 Å². The number of benzene rings is 2. The number of carbonyl (C=O) groups excluding carboxylic acids is 1. The first-order valence-electron chi connectivity index (χ1n) is 7.98. The van der Waals surface area contributed by atoms with Crippen LogP contribution in [0, 0.1) is 5.82 Å². The molecule has 0 radical (unpaired) electrons. The van der Waals surface area contributed by atoms with Gasteiger partial charge >= 0.3 is 12.0 Å². The van der Waals surface area contributed by atoms with E-state index in [9.17, 15) is 14.0 Å². The van der Waals surface area contributed by atoms with E-state index >= 15 is 0 Å². The van der Waals surface area contributed by atoms with Gasteiger partial charge in [-0.3, -0.25) is 0 Å². The predicted octanol–water partition coefficient (Wildman–Crippen LogP) is 3.64. The zero-order valence-corrected chi connectivity index (χ0v) is 14.2. The lowest BCUT2D eigenvalue weighted by Gasteiger charge is -2.27. The third-order valence-corrected chi connectivity index (χ3v) is 3.80. The molecule has 0 bridgehead atoms. The van der Waals surface area contributed by atoms with E-state index in [1.807, 2.05) is 13.8 Å². The molecule has 0 unspecified atom stereocenters. The summed E-state index contributed by atoms with van der Waals surface area (Å²) in [6.45, 7) is 4.49. The van der Waals surface area contributed by atoms with E-state index < -0.39 is 5.97 Å². The van der Waals surface area contributed by atoms with Gasteiger partial charge < -0.3 is 15.3 Å². The minimum absolute atomic E-state index is 0.0283. The zero-order chi connectivity index (χ0) is 18.4. The molecular weight excluding hydrogens is 323 g/mol. The molecule has 0 aliphatic rings. The molecule has 5 nitrogen and oxygen atoms in total. The van der Waals surface area contributed by atoms with Crippen molar-refractivity contribution in [2.24, 2.45) is 0 Å². The van der Waals surface area contributed by atoms with Crippen LogP contribution < -0.4 is 5.32 Å². The van der Waals surface area contributed by atoms with Gasteiger partial charge in [0, 0.05) is 19.1 Å². The van der Waals surface area contributed by atoms with Crippen molar-refractivity contribution < 1.29 is 19.1 Å². The number of aromatic carboxylic acids is 1. The minimum atomic E-state index is -0.985. The molecule has 2 N–H and O–H groups in total. The summed E-state index contributed by atoms with van der Waals surface area (Å²) in [4.78, 5) is 24.9. The standard InChI is InChI=1S/C19H21FN2O3/c1-13(2)22(12-15-5-9-17(20)10-6-15)19(25)21-11-14-3-7-16(8-4-14)18(23)24/h3-10,13H,11-12H2,1-2H3,(H,21,25)(H,23,24). The van der Waals surface area contributed by atoms with Crippen LogP contribution in [0.1, 0.15) is 35.3 Å². The van der Waals surface area contributed by atoms with E-state index in [0.29, 0.717) is 13.1 Å². The van der Waals surface area contributed by atoms with E-state index in [2.05, 4.69) is 5.32 Å². The monoisotopic (exact) mass is 344 g/mol. The third-order valence-electron chi connectivity index (χ3n) is 3.80. The van der Waals surface area contributed by atoms with Gasteiger partial charge in [-0.15, -0.1) is 0 Å². The van der Waals surface area contributed by atoms with E-state index in [1.54, 1.807) is 29.2 Å². The van der Waals surface area contributed by atoms with Crippen LogP contribution in [0.25, 0.3) is 0 Å². The van der Waals surface area contributed by atoms with Crippen molar-refractivity contribution in [1.82, 2.24) is 10.2 Å². The van der Waals surface area contributed by atoms with Crippen LogP contribution in [0.5, 0.6) is 0 Å². The molecule has 0 spiro atoms. The lowest BCUT2D eigenvalue weighted by atomic mass is 10.1. The van der Waals surface area contributed by atoms with E-state index in [1.165, 1.54) is 24.3 Å². The fourth-order valence-electron chi connectivity index (χ4n) is 2.32. The molecule has 0 saturated heterocycles. The highest BCUT2D eigenvalue weighted by molar-refractivity contribution is 5.87. The summed E-state index contributed by atoms with van der Waals surface area (Å²) in [5.74, 6) is -1.30. The Kier molecular flexibility index (Phi) is 6.11. The highest BCUT2D eigenvalue weighted by Crippen LogP contribution is 2.11. The van der Waals surface area contributed by atoms with Crippen molar-refractivity contribution in [1.29, 1.82) is 0 Å². The number of carboxylic acids is 1. The molecule has 0 saturated carbocycles. The van der Waals surface area contributed by atoms with Gasteiger partial charge in [-0.05, 0) is 49.2 Å². The summed E-state index contributed by atoms with van der Waals surface area (Å²) < 4.78 is 13.0. The molecule has 2 rings (SSSR count). The average Bonchev–Trinajstić information content (AvgIpc) is 2.59. The second-order valence-corrected chi connectivity index (χ2v) is 6.01. The van der Waals surface area contributed by atoms with Gasteiger partial charge in [0.1, 0.15) is 5.82 Å². The maximum Gasteiger partial charge on any atom is 0.335 e. The molecule has 2 aromatic rings. The van der Waals surface area contributed by atoms with E-state index in [4.69, 9.17) is 5.11 Å². The number of hydrogen-bond acceptors (Lipinski definition) is 2. The van der Waals surface area contributed by atoms with Crippen LogP contribution in [0.15, 0.2) is 48.5 Å². The summed E-state index contributed by atoms with van der Waals surface area (Å²) in [6.07, 6.45) is 0. The van der Waals surface area contributed by atoms with Gasteiger partial charge in [0.15, 0.2) is 0 Å². The summed E-state index contributed by atoms with van der Waals surface area (Å²) in [6, 6.07) is 12.1. The normalized spacial score (nSPS) is 10.6. The Balaban J connectivity index is 1.97. The molecule has 2 amide bonds. The lowest BCUT2D eigenvalue weighted by Crippen LogP contribution is -2.43. The number of amides is 2. The molecule has 0 aliphatic heterocycles. The molecule has 0 heterocycles. The maximum atomic E-state index is 13.0. The Labute approximate surface area is 146 Å². The summed E-state index contributed by atoms with van der Waals surface area (Å²) in [7, 11) is 0.